The van der Waals surface area contributed by atoms with Crippen LogP contribution in [0.15, 0.2) is 0 Å². The molecule has 0 spiro atoms. The lowest BCUT2D eigenvalue weighted by atomic mass is 10.0. The zero-order valence-electron chi connectivity index (χ0n) is 6.88. The molecular formula is C8H15Br2. The van der Waals surface area contributed by atoms with Crippen molar-refractivity contribution in [3.05, 3.63) is 4.83 Å². The van der Waals surface area contributed by atoms with Crippen LogP contribution in [0.3, 0.4) is 0 Å². The van der Waals surface area contributed by atoms with Gasteiger partial charge >= 0.3 is 0 Å². The summed E-state index contributed by atoms with van der Waals surface area (Å²) in [6, 6.07) is 0. The maximum atomic E-state index is 3.68. The van der Waals surface area contributed by atoms with Crippen LogP contribution in [-0.4, -0.2) is 4.32 Å². The molecule has 0 aromatic heterocycles. The minimum absolute atomic E-state index is 0.205. The molecule has 1 atom stereocenters. The van der Waals surface area contributed by atoms with Gasteiger partial charge in [-0.15, -0.1) is 0 Å². The lowest BCUT2D eigenvalue weighted by Gasteiger charge is -2.26. The normalized spacial score (nSPS) is 17.4. The first-order chi connectivity index (χ1) is 4.54. The van der Waals surface area contributed by atoms with Gasteiger partial charge in [0, 0.05) is 4.32 Å². The van der Waals surface area contributed by atoms with E-state index in [1.807, 2.05) is 0 Å². The average molecular weight is 271 g/mol. The fourth-order valence-corrected chi connectivity index (χ4v) is 1.85. The number of rotatable bonds is 4. The van der Waals surface area contributed by atoms with E-state index in [4.69, 9.17) is 0 Å². The minimum atomic E-state index is 0.205. The van der Waals surface area contributed by atoms with Crippen molar-refractivity contribution in [3.8, 4) is 0 Å². The highest BCUT2D eigenvalue weighted by Crippen LogP contribution is 2.39. The fourth-order valence-electron chi connectivity index (χ4n) is 0.974. The molecule has 0 saturated heterocycles. The Labute approximate surface area is 81.0 Å². The summed E-state index contributed by atoms with van der Waals surface area (Å²) in [4.78, 5) is 1.36. The van der Waals surface area contributed by atoms with Gasteiger partial charge in [0.25, 0.3) is 0 Å². The largest absolute Gasteiger partial charge is 0.0841 e. The van der Waals surface area contributed by atoms with E-state index in [1.54, 1.807) is 0 Å². The summed E-state index contributed by atoms with van der Waals surface area (Å²) in [7, 11) is 0. The van der Waals surface area contributed by atoms with Gasteiger partial charge in [-0.25, -0.2) is 0 Å². The molecule has 0 aliphatic carbocycles. The Morgan fingerprint density at radius 3 is 2.20 bits per heavy atom. The average Bonchev–Trinajstić information content (AvgIpc) is 1.86. The molecule has 0 aromatic rings. The Hall–Kier alpha value is 0.960. The highest BCUT2D eigenvalue weighted by molar-refractivity contribution is 9.13. The second-order valence-electron chi connectivity index (χ2n) is 2.71. The molecule has 0 bridgehead atoms. The Morgan fingerprint density at radius 1 is 1.40 bits per heavy atom. The Bertz CT molecular complexity index is 89.3. The first-order valence-corrected chi connectivity index (χ1v) is 5.34. The van der Waals surface area contributed by atoms with E-state index in [0.717, 1.165) is 6.42 Å². The molecule has 0 fully saturated rings. The molecule has 0 rings (SSSR count). The second-order valence-corrected chi connectivity index (χ2v) is 5.41. The molecule has 0 heterocycles. The van der Waals surface area contributed by atoms with Crippen molar-refractivity contribution >= 4 is 31.9 Å². The van der Waals surface area contributed by atoms with E-state index in [1.165, 1.54) is 17.7 Å². The standard InChI is InChI=1S/C8H15Br2/c1-4-6-8(3,10)7(9)5-2/h4-6H2,1-3H3. The van der Waals surface area contributed by atoms with Crippen LogP contribution in [0.5, 0.6) is 0 Å². The summed E-state index contributed by atoms with van der Waals surface area (Å²) in [5, 5.41) is 0. The highest BCUT2D eigenvalue weighted by Gasteiger charge is 2.27. The van der Waals surface area contributed by atoms with E-state index in [9.17, 15) is 0 Å². The summed E-state index contributed by atoms with van der Waals surface area (Å²) in [6.07, 6.45) is 3.51. The summed E-state index contributed by atoms with van der Waals surface area (Å²) in [5.74, 6) is 0. The van der Waals surface area contributed by atoms with Gasteiger partial charge in [0.2, 0.25) is 0 Å². The number of alkyl halides is 1. The third-order valence-electron chi connectivity index (χ3n) is 1.60. The molecule has 10 heavy (non-hydrogen) atoms. The van der Waals surface area contributed by atoms with Crippen LogP contribution >= 0.6 is 31.9 Å². The Morgan fingerprint density at radius 2 is 1.90 bits per heavy atom. The molecule has 1 unspecified atom stereocenters. The van der Waals surface area contributed by atoms with Crippen molar-refractivity contribution in [2.75, 3.05) is 0 Å². The molecule has 0 N–H and O–H groups in total. The molecule has 0 aliphatic heterocycles. The van der Waals surface area contributed by atoms with Gasteiger partial charge in [-0.2, -0.15) is 0 Å². The van der Waals surface area contributed by atoms with Crippen molar-refractivity contribution in [3.63, 3.8) is 0 Å². The lowest BCUT2D eigenvalue weighted by Crippen LogP contribution is -2.20. The molecule has 2 heteroatoms. The van der Waals surface area contributed by atoms with Gasteiger partial charge in [-0.05, 0) is 19.8 Å². The molecule has 1 radical (unpaired) electrons. The molecule has 0 nitrogen and oxygen atoms in total. The van der Waals surface area contributed by atoms with Crippen molar-refractivity contribution in [1.29, 1.82) is 0 Å². The summed E-state index contributed by atoms with van der Waals surface area (Å²) >= 11 is 7.25. The van der Waals surface area contributed by atoms with Crippen LogP contribution in [0.25, 0.3) is 0 Å². The topological polar surface area (TPSA) is 0 Å². The van der Waals surface area contributed by atoms with Crippen molar-refractivity contribution < 1.29 is 0 Å². The lowest BCUT2D eigenvalue weighted by molar-refractivity contribution is 0.627. The molecule has 0 aliphatic rings. The maximum Gasteiger partial charge on any atom is 0.0571 e. The molecule has 61 valence electrons. The Balaban J connectivity index is 3.82. The third-order valence-corrected chi connectivity index (χ3v) is 4.44. The van der Waals surface area contributed by atoms with E-state index >= 15 is 0 Å². The van der Waals surface area contributed by atoms with E-state index < -0.39 is 0 Å². The first kappa shape index (κ1) is 11.0. The number of hydrogen-bond acceptors (Lipinski definition) is 0. The van der Waals surface area contributed by atoms with Gasteiger partial charge < -0.3 is 0 Å². The first-order valence-electron chi connectivity index (χ1n) is 3.75. The van der Waals surface area contributed by atoms with E-state index in [-0.39, 0.29) is 4.32 Å². The smallest absolute Gasteiger partial charge is 0.0571 e. The van der Waals surface area contributed by atoms with Crippen LogP contribution in [-0.2, 0) is 0 Å². The predicted octanol–water partition coefficient (Wildman–Crippen LogP) is 4.28. The van der Waals surface area contributed by atoms with E-state index in [2.05, 4.69) is 52.6 Å². The SMILES string of the molecule is CCCC(C)(Br)[C](Br)CC. The van der Waals surface area contributed by atoms with Gasteiger partial charge in [-0.1, -0.05) is 52.1 Å². The van der Waals surface area contributed by atoms with Crippen LogP contribution < -0.4 is 0 Å². The van der Waals surface area contributed by atoms with Crippen LogP contribution in [0, 0.1) is 4.83 Å². The van der Waals surface area contributed by atoms with Gasteiger partial charge in [0.15, 0.2) is 0 Å². The molecule has 0 amide bonds. The number of halogens is 2. The number of hydrogen-bond donors (Lipinski definition) is 0. The zero-order chi connectivity index (χ0) is 8.20. The second kappa shape index (κ2) is 4.76. The third kappa shape index (κ3) is 3.38. The summed E-state index contributed by atoms with van der Waals surface area (Å²) in [5.41, 5.74) is 0. The fraction of sp³-hybridized carbons (Fsp3) is 0.875. The molecule has 0 saturated carbocycles. The highest BCUT2D eigenvalue weighted by atomic mass is 79.9. The van der Waals surface area contributed by atoms with Crippen LogP contribution in [0.4, 0.5) is 0 Å². The van der Waals surface area contributed by atoms with Crippen molar-refractivity contribution in [2.24, 2.45) is 0 Å². The van der Waals surface area contributed by atoms with Crippen molar-refractivity contribution in [2.45, 2.75) is 44.4 Å². The van der Waals surface area contributed by atoms with Crippen LogP contribution in [0.1, 0.15) is 40.0 Å². The predicted molar refractivity (Wildman–Crippen MR) is 54.7 cm³/mol. The van der Waals surface area contributed by atoms with Gasteiger partial charge in [-0.3, -0.25) is 0 Å². The maximum absolute atomic E-state index is 3.68. The minimum Gasteiger partial charge on any atom is -0.0841 e. The van der Waals surface area contributed by atoms with Crippen molar-refractivity contribution in [1.82, 2.24) is 0 Å². The Kier molecular flexibility index (Phi) is 5.22. The summed E-state index contributed by atoms with van der Waals surface area (Å²) < 4.78 is 0.205. The quantitative estimate of drug-likeness (QED) is 0.669. The zero-order valence-corrected chi connectivity index (χ0v) is 10.0. The summed E-state index contributed by atoms with van der Waals surface area (Å²) in [6.45, 7) is 6.58. The van der Waals surface area contributed by atoms with Gasteiger partial charge in [0.05, 0.1) is 4.83 Å². The molecular weight excluding hydrogens is 256 g/mol. The van der Waals surface area contributed by atoms with E-state index in [0.29, 0.717) is 0 Å². The van der Waals surface area contributed by atoms with Crippen LogP contribution in [0.2, 0.25) is 0 Å². The molecule has 0 aromatic carbocycles. The monoisotopic (exact) mass is 269 g/mol. The van der Waals surface area contributed by atoms with Gasteiger partial charge in [0.1, 0.15) is 0 Å².